The maximum atomic E-state index is 5.77. The minimum atomic E-state index is 0.158. The van der Waals surface area contributed by atoms with Gasteiger partial charge in [-0.25, -0.2) is 0 Å². The molecule has 4 nitrogen and oxygen atoms in total. The Morgan fingerprint density at radius 2 is 2.35 bits per heavy atom. The van der Waals surface area contributed by atoms with Crippen molar-refractivity contribution in [1.82, 2.24) is 10.4 Å². The van der Waals surface area contributed by atoms with Crippen LogP contribution in [0.4, 0.5) is 0 Å². The third-order valence-corrected chi connectivity index (χ3v) is 4.09. The van der Waals surface area contributed by atoms with Crippen LogP contribution in [0.2, 0.25) is 0 Å². The maximum Gasteiger partial charge on any atom is 0.0576 e. The van der Waals surface area contributed by atoms with Crippen LogP contribution in [-0.2, 0) is 4.74 Å². The molecule has 1 aliphatic rings. The van der Waals surface area contributed by atoms with Gasteiger partial charge in [0, 0.05) is 30.4 Å². The van der Waals surface area contributed by atoms with Gasteiger partial charge in [-0.2, -0.15) is 0 Å². The second-order valence-corrected chi connectivity index (χ2v) is 5.38. The molecular weight excluding hydrogens is 250 g/mol. The summed E-state index contributed by atoms with van der Waals surface area (Å²) in [5, 5.41) is 2.38. The fraction of sp³-hybridized carbons (Fsp3) is 0.438. The van der Waals surface area contributed by atoms with Crippen molar-refractivity contribution in [2.75, 3.05) is 6.61 Å². The number of aromatic nitrogens is 1. The van der Waals surface area contributed by atoms with Crippen molar-refractivity contribution < 1.29 is 4.74 Å². The van der Waals surface area contributed by atoms with Gasteiger partial charge in [0.25, 0.3) is 0 Å². The number of benzene rings is 1. The van der Waals surface area contributed by atoms with Crippen molar-refractivity contribution in [3.05, 3.63) is 42.2 Å². The zero-order valence-corrected chi connectivity index (χ0v) is 11.6. The van der Waals surface area contributed by atoms with Crippen molar-refractivity contribution >= 4 is 10.8 Å². The van der Waals surface area contributed by atoms with Crippen molar-refractivity contribution in [2.24, 2.45) is 5.84 Å². The van der Waals surface area contributed by atoms with Crippen LogP contribution in [0, 0.1) is 0 Å². The predicted molar refractivity (Wildman–Crippen MR) is 80.0 cm³/mol. The van der Waals surface area contributed by atoms with Crippen LogP contribution >= 0.6 is 0 Å². The van der Waals surface area contributed by atoms with E-state index >= 15 is 0 Å². The number of nitrogens with one attached hydrogen (secondary N) is 1. The summed E-state index contributed by atoms with van der Waals surface area (Å²) in [6.45, 7) is 0.908. The van der Waals surface area contributed by atoms with Gasteiger partial charge in [0.1, 0.15) is 0 Å². The molecule has 3 rings (SSSR count). The average molecular weight is 271 g/mol. The van der Waals surface area contributed by atoms with Crippen molar-refractivity contribution in [3.63, 3.8) is 0 Å². The molecule has 1 aliphatic heterocycles. The molecule has 1 aromatic heterocycles. The first-order valence-corrected chi connectivity index (χ1v) is 7.29. The number of hydrazine groups is 1. The summed E-state index contributed by atoms with van der Waals surface area (Å²) in [5.74, 6) is 5.77. The van der Waals surface area contributed by atoms with Gasteiger partial charge >= 0.3 is 0 Å². The molecule has 2 aromatic rings. The van der Waals surface area contributed by atoms with Gasteiger partial charge in [-0.15, -0.1) is 0 Å². The number of fused-ring (bicyclic) bond motifs is 1. The Kier molecular flexibility index (Phi) is 4.25. The number of pyridine rings is 1. The van der Waals surface area contributed by atoms with Crippen LogP contribution in [0.5, 0.6) is 0 Å². The highest BCUT2D eigenvalue weighted by Crippen LogP contribution is 2.28. The Bertz CT molecular complexity index is 561. The lowest BCUT2D eigenvalue weighted by Crippen LogP contribution is -2.29. The molecule has 0 bridgehead atoms. The van der Waals surface area contributed by atoms with E-state index in [0.717, 1.165) is 24.8 Å². The van der Waals surface area contributed by atoms with Crippen molar-refractivity contribution in [2.45, 2.75) is 37.8 Å². The lowest BCUT2D eigenvalue weighted by molar-refractivity contribution is 0.0996. The molecule has 4 heteroatoms. The van der Waals surface area contributed by atoms with E-state index in [1.54, 1.807) is 0 Å². The second-order valence-electron chi connectivity index (χ2n) is 5.38. The maximum absolute atomic E-state index is 5.77. The molecule has 2 unspecified atom stereocenters. The highest BCUT2D eigenvalue weighted by Gasteiger charge is 2.19. The van der Waals surface area contributed by atoms with Crippen LogP contribution in [0.3, 0.4) is 0 Å². The molecule has 0 amide bonds. The zero-order valence-electron chi connectivity index (χ0n) is 11.6. The van der Waals surface area contributed by atoms with E-state index in [0.29, 0.717) is 6.10 Å². The minimum absolute atomic E-state index is 0.158. The topological polar surface area (TPSA) is 60.2 Å². The number of ether oxygens (including phenoxy) is 1. The third kappa shape index (κ3) is 2.82. The van der Waals surface area contributed by atoms with E-state index in [1.807, 2.05) is 12.4 Å². The van der Waals surface area contributed by atoms with Gasteiger partial charge in [-0.05, 0) is 42.7 Å². The van der Waals surface area contributed by atoms with Gasteiger partial charge in [-0.1, -0.05) is 18.2 Å². The van der Waals surface area contributed by atoms with Crippen LogP contribution in [0.15, 0.2) is 36.7 Å². The van der Waals surface area contributed by atoms with Gasteiger partial charge in [0.2, 0.25) is 0 Å². The first kappa shape index (κ1) is 13.5. The third-order valence-electron chi connectivity index (χ3n) is 4.09. The summed E-state index contributed by atoms with van der Waals surface area (Å²) in [6, 6.07) is 8.50. The van der Waals surface area contributed by atoms with Gasteiger partial charge in [-0.3, -0.25) is 16.3 Å². The van der Waals surface area contributed by atoms with Crippen LogP contribution in [0.25, 0.3) is 10.8 Å². The van der Waals surface area contributed by atoms with Gasteiger partial charge in [0.05, 0.1) is 6.10 Å². The lowest BCUT2D eigenvalue weighted by Gasteiger charge is -2.20. The Morgan fingerprint density at radius 1 is 1.40 bits per heavy atom. The van der Waals surface area contributed by atoms with Crippen molar-refractivity contribution in [3.8, 4) is 0 Å². The quantitative estimate of drug-likeness (QED) is 0.648. The van der Waals surface area contributed by atoms with E-state index in [1.165, 1.54) is 23.8 Å². The normalized spacial score (nSPS) is 20.4. The molecule has 1 fully saturated rings. The molecule has 20 heavy (non-hydrogen) atoms. The standard InChI is InChI=1S/C16H21N3O/c17-19-16(7-6-13-4-2-10-20-13)15-5-1-3-12-11-18-9-8-14(12)15/h1,3,5,8-9,11,13,16,19H,2,4,6-7,10,17H2. The Hall–Kier alpha value is -1.49. The second kappa shape index (κ2) is 6.31. The average Bonchev–Trinajstić information content (AvgIpc) is 3.01. The smallest absolute Gasteiger partial charge is 0.0576 e. The lowest BCUT2D eigenvalue weighted by atomic mass is 9.95. The molecule has 1 saturated heterocycles. The molecule has 0 saturated carbocycles. The van der Waals surface area contributed by atoms with Crippen LogP contribution in [-0.4, -0.2) is 17.7 Å². The molecule has 0 aliphatic carbocycles. The molecule has 106 valence electrons. The first-order chi connectivity index (χ1) is 9.88. The number of nitrogens with two attached hydrogens (primary N) is 1. The number of rotatable bonds is 5. The first-order valence-electron chi connectivity index (χ1n) is 7.29. The fourth-order valence-corrected chi connectivity index (χ4v) is 3.00. The molecule has 3 N–H and O–H groups in total. The molecule has 2 atom stereocenters. The van der Waals surface area contributed by atoms with E-state index in [9.17, 15) is 0 Å². The Morgan fingerprint density at radius 3 is 3.15 bits per heavy atom. The summed E-state index contributed by atoms with van der Waals surface area (Å²) >= 11 is 0. The monoisotopic (exact) mass is 271 g/mol. The summed E-state index contributed by atoms with van der Waals surface area (Å²) in [7, 11) is 0. The molecule has 2 heterocycles. The molecule has 0 spiro atoms. The summed E-state index contributed by atoms with van der Waals surface area (Å²) < 4.78 is 5.69. The molecule has 0 radical (unpaired) electrons. The van der Waals surface area contributed by atoms with Crippen LogP contribution in [0.1, 0.15) is 37.3 Å². The highest BCUT2D eigenvalue weighted by molar-refractivity contribution is 5.85. The number of hydrogen-bond donors (Lipinski definition) is 2. The SMILES string of the molecule is NNC(CCC1CCCO1)c1cccc2cnccc12. The fourth-order valence-electron chi connectivity index (χ4n) is 3.00. The largest absolute Gasteiger partial charge is 0.378 e. The predicted octanol–water partition coefficient (Wildman–Crippen LogP) is 2.70. The van der Waals surface area contributed by atoms with E-state index in [-0.39, 0.29) is 6.04 Å². The Balaban J connectivity index is 1.79. The molecular formula is C16H21N3O. The van der Waals surface area contributed by atoms with E-state index in [2.05, 4.69) is 34.7 Å². The van der Waals surface area contributed by atoms with E-state index < -0.39 is 0 Å². The summed E-state index contributed by atoms with van der Waals surface area (Å²) in [5.41, 5.74) is 4.20. The minimum Gasteiger partial charge on any atom is -0.378 e. The molecule has 1 aromatic carbocycles. The van der Waals surface area contributed by atoms with Gasteiger partial charge in [0.15, 0.2) is 0 Å². The number of hydrogen-bond acceptors (Lipinski definition) is 4. The number of nitrogens with zero attached hydrogens (tertiary/aromatic N) is 1. The van der Waals surface area contributed by atoms with Crippen molar-refractivity contribution in [1.29, 1.82) is 0 Å². The van der Waals surface area contributed by atoms with Crippen LogP contribution < -0.4 is 11.3 Å². The zero-order chi connectivity index (χ0) is 13.8. The summed E-state index contributed by atoms with van der Waals surface area (Å²) in [6.07, 6.45) is 8.54. The highest BCUT2D eigenvalue weighted by atomic mass is 16.5. The Labute approximate surface area is 119 Å². The summed E-state index contributed by atoms with van der Waals surface area (Å²) in [4.78, 5) is 4.18. The van der Waals surface area contributed by atoms with E-state index in [4.69, 9.17) is 10.6 Å². The van der Waals surface area contributed by atoms with Gasteiger partial charge < -0.3 is 4.74 Å².